The molecule has 0 aliphatic heterocycles. The molecular weight excluding hydrogens is 400 g/mol. The van der Waals surface area contributed by atoms with E-state index in [4.69, 9.17) is 4.74 Å². The van der Waals surface area contributed by atoms with Crippen LogP contribution < -0.4 is 5.32 Å². The van der Waals surface area contributed by atoms with Crippen molar-refractivity contribution in [1.29, 1.82) is 0 Å². The number of nitro benzene ring substituents is 1. The zero-order valence-electron chi connectivity index (χ0n) is 17.2. The average Bonchev–Trinajstić information content (AvgIpc) is 3.36. The zero-order chi connectivity index (χ0) is 22.0. The molecule has 2 saturated carbocycles. The Balaban J connectivity index is 1.42. The van der Waals surface area contributed by atoms with Gasteiger partial charge in [0, 0.05) is 24.2 Å². The summed E-state index contributed by atoms with van der Waals surface area (Å²) in [4.78, 5) is 48.6. The molecule has 0 spiro atoms. The van der Waals surface area contributed by atoms with Crippen LogP contribution in [0.15, 0.2) is 36.4 Å². The smallest absolute Gasteiger partial charge is 0.318 e. The SMILES string of the molecule is O=C(CC1CCCCC1)OC(=O)C1C2C=CC(C2)C1C(=O)Nc1cccc([N+](=O)[O-])c1. The lowest BCUT2D eigenvalue weighted by molar-refractivity contribution is -0.384. The number of fused-ring (bicyclic) bond motifs is 2. The first kappa shape index (κ1) is 21.2. The molecule has 0 radical (unpaired) electrons. The summed E-state index contributed by atoms with van der Waals surface area (Å²) in [5, 5.41) is 13.7. The molecule has 1 aromatic carbocycles. The number of nitrogens with zero attached hydrogens (tertiary/aromatic N) is 1. The zero-order valence-corrected chi connectivity index (χ0v) is 17.2. The summed E-state index contributed by atoms with van der Waals surface area (Å²) in [6.45, 7) is 0. The molecule has 2 bridgehead atoms. The van der Waals surface area contributed by atoms with Gasteiger partial charge in [-0.2, -0.15) is 0 Å². The first-order valence-electron chi connectivity index (χ1n) is 10.9. The lowest BCUT2D eigenvalue weighted by atomic mass is 9.82. The van der Waals surface area contributed by atoms with E-state index in [1.165, 1.54) is 24.6 Å². The van der Waals surface area contributed by atoms with Crippen LogP contribution in [-0.2, 0) is 19.1 Å². The second kappa shape index (κ2) is 8.99. The van der Waals surface area contributed by atoms with Crippen molar-refractivity contribution in [1.82, 2.24) is 0 Å². The van der Waals surface area contributed by atoms with Crippen molar-refractivity contribution in [3.8, 4) is 0 Å². The number of nitrogens with one attached hydrogen (secondary N) is 1. The van der Waals surface area contributed by atoms with E-state index in [0.717, 1.165) is 25.7 Å². The van der Waals surface area contributed by atoms with Gasteiger partial charge in [-0.3, -0.25) is 24.5 Å². The molecule has 0 saturated heterocycles. The molecule has 1 amide bonds. The number of non-ortho nitro benzene ring substituents is 1. The fourth-order valence-electron chi connectivity index (χ4n) is 5.27. The number of carbonyl (C=O) groups excluding carboxylic acids is 3. The number of amides is 1. The van der Waals surface area contributed by atoms with Gasteiger partial charge in [0.25, 0.3) is 5.69 Å². The maximum Gasteiger partial charge on any atom is 0.318 e. The lowest BCUT2D eigenvalue weighted by Crippen LogP contribution is -2.38. The lowest BCUT2D eigenvalue weighted by Gasteiger charge is -2.26. The van der Waals surface area contributed by atoms with E-state index in [-0.39, 0.29) is 35.8 Å². The third-order valence-corrected chi connectivity index (χ3v) is 6.75. The molecule has 0 aromatic heterocycles. The fraction of sp³-hybridized carbons (Fsp3) is 0.522. The summed E-state index contributed by atoms with van der Waals surface area (Å²) >= 11 is 0. The monoisotopic (exact) mass is 426 g/mol. The third kappa shape index (κ3) is 4.68. The first-order chi connectivity index (χ1) is 14.9. The molecule has 1 aromatic rings. The van der Waals surface area contributed by atoms with Gasteiger partial charge in [0.1, 0.15) is 0 Å². The fourth-order valence-corrected chi connectivity index (χ4v) is 5.27. The van der Waals surface area contributed by atoms with Gasteiger partial charge < -0.3 is 10.1 Å². The van der Waals surface area contributed by atoms with Crippen molar-refractivity contribution in [2.45, 2.75) is 44.9 Å². The van der Waals surface area contributed by atoms with Crippen LogP contribution in [0.5, 0.6) is 0 Å². The standard InChI is InChI=1S/C23H26N2O6/c26-19(11-14-5-2-1-3-6-14)31-23(28)21-16-10-9-15(12-16)20(21)22(27)24-17-7-4-8-18(13-17)25(29)30/h4,7-10,13-16,20-21H,1-3,5-6,11-12H2,(H,24,27). The van der Waals surface area contributed by atoms with E-state index in [2.05, 4.69) is 5.32 Å². The van der Waals surface area contributed by atoms with E-state index in [0.29, 0.717) is 12.1 Å². The van der Waals surface area contributed by atoms with Crippen LogP contribution in [0.25, 0.3) is 0 Å². The van der Waals surface area contributed by atoms with Gasteiger partial charge in [-0.1, -0.05) is 37.5 Å². The largest absolute Gasteiger partial charge is 0.393 e. The number of nitro groups is 1. The van der Waals surface area contributed by atoms with Crippen molar-refractivity contribution in [3.63, 3.8) is 0 Å². The predicted octanol–water partition coefficient (Wildman–Crippen LogP) is 4.01. The number of allylic oxidation sites excluding steroid dienone is 2. The van der Waals surface area contributed by atoms with Crippen LogP contribution in [0.3, 0.4) is 0 Å². The van der Waals surface area contributed by atoms with Gasteiger partial charge in [-0.25, -0.2) is 0 Å². The molecule has 4 atom stereocenters. The van der Waals surface area contributed by atoms with Gasteiger partial charge in [0.2, 0.25) is 5.91 Å². The Morgan fingerprint density at radius 3 is 2.48 bits per heavy atom. The third-order valence-electron chi connectivity index (χ3n) is 6.75. The van der Waals surface area contributed by atoms with Gasteiger partial charge in [-0.05, 0) is 43.1 Å². The number of rotatable bonds is 6. The number of hydrogen-bond donors (Lipinski definition) is 1. The Kier molecular flexibility index (Phi) is 6.15. The summed E-state index contributed by atoms with van der Waals surface area (Å²) in [5.41, 5.74) is 0.168. The van der Waals surface area contributed by atoms with Gasteiger partial charge in [-0.15, -0.1) is 0 Å². The Labute approximate surface area is 180 Å². The van der Waals surface area contributed by atoms with Gasteiger partial charge in [0.15, 0.2) is 0 Å². The Hall–Kier alpha value is -3.03. The van der Waals surface area contributed by atoms with Crippen molar-refractivity contribution in [2.24, 2.45) is 29.6 Å². The molecule has 3 aliphatic carbocycles. The summed E-state index contributed by atoms with van der Waals surface area (Å²) in [7, 11) is 0. The quantitative estimate of drug-likeness (QED) is 0.242. The number of ether oxygens (including phenoxy) is 1. The Morgan fingerprint density at radius 1 is 1.06 bits per heavy atom. The minimum Gasteiger partial charge on any atom is -0.393 e. The number of anilines is 1. The summed E-state index contributed by atoms with van der Waals surface area (Å²) in [6, 6.07) is 5.68. The van der Waals surface area contributed by atoms with Crippen molar-refractivity contribution in [2.75, 3.05) is 5.32 Å². The highest BCUT2D eigenvalue weighted by molar-refractivity contribution is 5.98. The van der Waals surface area contributed by atoms with Crippen LogP contribution in [0.1, 0.15) is 44.9 Å². The maximum atomic E-state index is 13.0. The predicted molar refractivity (Wildman–Crippen MR) is 112 cm³/mol. The summed E-state index contributed by atoms with van der Waals surface area (Å²) < 4.78 is 5.19. The topological polar surface area (TPSA) is 116 Å². The van der Waals surface area contributed by atoms with Crippen LogP contribution in [0, 0.1) is 39.7 Å². The second-order valence-corrected chi connectivity index (χ2v) is 8.80. The molecule has 8 heteroatoms. The molecule has 164 valence electrons. The molecular formula is C23H26N2O6. The average molecular weight is 426 g/mol. The molecule has 4 unspecified atom stereocenters. The molecule has 4 rings (SSSR count). The Bertz CT molecular complexity index is 920. The highest BCUT2D eigenvalue weighted by Crippen LogP contribution is 2.49. The maximum absolute atomic E-state index is 13.0. The van der Waals surface area contributed by atoms with Crippen LogP contribution in [0.4, 0.5) is 11.4 Å². The first-order valence-corrected chi connectivity index (χ1v) is 10.9. The van der Waals surface area contributed by atoms with E-state index in [1.54, 1.807) is 6.07 Å². The number of benzene rings is 1. The van der Waals surface area contributed by atoms with Crippen molar-refractivity contribution < 1.29 is 24.0 Å². The van der Waals surface area contributed by atoms with Crippen molar-refractivity contribution in [3.05, 3.63) is 46.5 Å². The molecule has 31 heavy (non-hydrogen) atoms. The Morgan fingerprint density at radius 2 is 1.77 bits per heavy atom. The van der Waals surface area contributed by atoms with E-state index < -0.39 is 28.7 Å². The van der Waals surface area contributed by atoms with Crippen LogP contribution >= 0.6 is 0 Å². The van der Waals surface area contributed by atoms with Crippen LogP contribution in [-0.4, -0.2) is 22.8 Å². The van der Waals surface area contributed by atoms with Crippen LogP contribution in [0.2, 0.25) is 0 Å². The summed E-state index contributed by atoms with van der Waals surface area (Å²) in [6.07, 6.45) is 10.1. The van der Waals surface area contributed by atoms with Gasteiger partial charge >= 0.3 is 11.9 Å². The van der Waals surface area contributed by atoms with Gasteiger partial charge in [0.05, 0.1) is 16.8 Å². The highest BCUT2D eigenvalue weighted by Gasteiger charge is 2.52. The second-order valence-electron chi connectivity index (χ2n) is 8.80. The highest BCUT2D eigenvalue weighted by atomic mass is 16.6. The van der Waals surface area contributed by atoms with Crippen molar-refractivity contribution >= 4 is 29.2 Å². The summed E-state index contributed by atoms with van der Waals surface area (Å²) in [5.74, 6) is -2.91. The number of carbonyl (C=O) groups is 3. The molecule has 1 N–H and O–H groups in total. The molecule has 0 heterocycles. The van der Waals surface area contributed by atoms with E-state index in [1.807, 2.05) is 12.2 Å². The molecule has 2 fully saturated rings. The molecule has 3 aliphatic rings. The van der Waals surface area contributed by atoms with E-state index >= 15 is 0 Å². The minimum absolute atomic E-state index is 0.116. The number of hydrogen-bond acceptors (Lipinski definition) is 6. The van der Waals surface area contributed by atoms with E-state index in [9.17, 15) is 24.5 Å². The minimum atomic E-state index is -0.719. The number of esters is 2. The molecule has 8 nitrogen and oxygen atoms in total. The normalized spacial score (nSPS) is 27.1.